The Labute approximate surface area is 133 Å². The minimum absolute atomic E-state index is 0.200. The number of benzene rings is 1. The highest BCUT2D eigenvalue weighted by Gasteiger charge is 2.03. The molecular formula is C18H26O4. The summed E-state index contributed by atoms with van der Waals surface area (Å²) < 4.78 is 16.3. The third kappa shape index (κ3) is 7.16. The SMILES string of the molecule is CCCOC(=O)/C=C(\C)COc1ccc(OC(C)CC)cc1. The monoisotopic (exact) mass is 306 g/mol. The van der Waals surface area contributed by atoms with Crippen molar-refractivity contribution in [3.8, 4) is 11.5 Å². The summed E-state index contributed by atoms with van der Waals surface area (Å²) in [6.07, 6.45) is 3.46. The smallest absolute Gasteiger partial charge is 0.330 e. The summed E-state index contributed by atoms with van der Waals surface area (Å²) in [4.78, 5) is 11.4. The zero-order valence-electron chi connectivity index (χ0n) is 13.9. The van der Waals surface area contributed by atoms with Gasteiger partial charge in [0.25, 0.3) is 0 Å². The maximum Gasteiger partial charge on any atom is 0.330 e. The molecule has 4 nitrogen and oxygen atoms in total. The topological polar surface area (TPSA) is 44.8 Å². The molecule has 0 aliphatic carbocycles. The first-order chi connectivity index (χ1) is 10.5. The van der Waals surface area contributed by atoms with Gasteiger partial charge in [-0.05, 0) is 56.5 Å². The number of rotatable bonds is 9. The van der Waals surface area contributed by atoms with Gasteiger partial charge in [0.15, 0.2) is 0 Å². The minimum Gasteiger partial charge on any atom is -0.491 e. The molecule has 0 bridgehead atoms. The Hall–Kier alpha value is -1.97. The maximum absolute atomic E-state index is 11.4. The van der Waals surface area contributed by atoms with Crippen LogP contribution in [-0.4, -0.2) is 25.3 Å². The minimum atomic E-state index is -0.319. The lowest BCUT2D eigenvalue weighted by Crippen LogP contribution is -2.09. The number of hydrogen-bond acceptors (Lipinski definition) is 4. The van der Waals surface area contributed by atoms with Crippen LogP contribution in [0.3, 0.4) is 0 Å². The summed E-state index contributed by atoms with van der Waals surface area (Å²) in [6, 6.07) is 7.49. The van der Waals surface area contributed by atoms with E-state index in [1.54, 1.807) is 0 Å². The normalized spacial score (nSPS) is 12.6. The largest absolute Gasteiger partial charge is 0.491 e. The van der Waals surface area contributed by atoms with Crippen LogP contribution in [-0.2, 0) is 9.53 Å². The van der Waals surface area contributed by atoms with E-state index >= 15 is 0 Å². The van der Waals surface area contributed by atoms with Gasteiger partial charge >= 0.3 is 5.97 Å². The van der Waals surface area contributed by atoms with Crippen molar-refractivity contribution in [2.75, 3.05) is 13.2 Å². The lowest BCUT2D eigenvalue weighted by molar-refractivity contribution is -0.137. The fraction of sp³-hybridized carbons (Fsp3) is 0.500. The van der Waals surface area contributed by atoms with Crippen LogP contribution in [0.2, 0.25) is 0 Å². The summed E-state index contributed by atoms with van der Waals surface area (Å²) >= 11 is 0. The van der Waals surface area contributed by atoms with Crippen molar-refractivity contribution in [1.82, 2.24) is 0 Å². The second-order valence-corrected chi connectivity index (χ2v) is 5.25. The summed E-state index contributed by atoms with van der Waals surface area (Å²) in [6.45, 7) is 8.72. The third-order valence-corrected chi connectivity index (χ3v) is 3.02. The summed E-state index contributed by atoms with van der Waals surface area (Å²) in [5, 5.41) is 0. The molecule has 1 atom stereocenters. The van der Waals surface area contributed by atoms with Crippen molar-refractivity contribution in [2.45, 2.75) is 46.6 Å². The van der Waals surface area contributed by atoms with Gasteiger partial charge in [-0.15, -0.1) is 0 Å². The second-order valence-electron chi connectivity index (χ2n) is 5.25. The molecule has 0 spiro atoms. The van der Waals surface area contributed by atoms with Gasteiger partial charge in [-0.3, -0.25) is 0 Å². The molecule has 22 heavy (non-hydrogen) atoms. The van der Waals surface area contributed by atoms with Gasteiger partial charge in [-0.25, -0.2) is 4.79 Å². The molecule has 0 saturated heterocycles. The Kier molecular flexibility index (Phi) is 8.11. The van der Waals surface area contributed by atoms with E-state index < -0.39 is 0 Å². The first-order valence-corrected chi connectivity index (χ1v) is 7.78. The molecule has 0 aromatic heterocycles. The molecule has 0 radical (unpaired) electrons. The van der Waals surface area contributed by atoms with Gasteiger partial charge in [0.1, 0.15) is 18.1 Å². The predicted octanol–water partition coefficient (Wildman–Crippen LogP) is 4.14. The standard InChI is InChI=1S/C18H26O4/c1-5-11-20-18(19)12-14(3)13-21-16-7-9-17(10-8-16)22-15(4)6-2/h7-10,12,15H,5-6,11,13H2,1-4H3/b14-12+. The van der Waals surface area contributed by atoms with Gasteiger partial charge in [-0.2, -0.15) is 0 Å². The van der Waals surface area contributed by atoms with Crippen molar-refractivity contribution >= 4 is 5.97 Å². The van der Waals surface area contributed by atoms with Gasteiger partial charge < -0.3 is 14.2 Å². The second kappa shape index (κ2) is 9.87. The fourth-order valence-electron chi connectivity index (χ4n) is 1.61. The predicted molar refractivity (Wildman–Crippen MR) is 87.3 cm³/mol. The zero-order chi connectivity index (χ0) is 16.4. The lowest BCUT2D eigenvalue weighted by Gasteiger charge is -2.13. The van der Waals surface area contributed by atoms with Crippen molar-refractivity contribution < 1.29 is 19.0 Å². The van der Waals surface area contributed by atoms with Gasteiger partial charge in [0.2, 0.25) is 0 Å². The average molecular weight is 306 g/mol. The molecule has 0 N–H and O–H groups in total. The third-order valence-electron chi connectivity index (χ3n) is 3.02. The van der Waals surface area contributed by atoms with Crippen LogP contribution in [0.5, 0.6) is 11.5 Å². The number of esters is 1. The van der Waals surface area contributed by atoms with Crippen LogP contribution in [0.4, 0.5) is 0 Å². The Morgan fingerprint density at radius 1 is 1.18 bits per heavy atom. The number of carbonyl (C=O) groups excluding carboxylic acids is 1. The molecule has 1 rings (SSSR count). The van der Waals surface area contributed by atoms with Crippen molar-refractivity contribution in [1.29, 1.82) is 0 Å². The average Bonchev–Trinajstić information content (AvgIpc) is 2.52. The summed E-state index contributed by atoms with van der Waals surface area (Å²) in [7, 11) is 0. The van der Waals surface area contributed by atoms with Crippen LogP contribution in [0.1, 0.15) is 40.5 Å². The van der Waals surface area contributed by atoms with Gasteiger partial charge in [0.05, 0.1) is 12.7 Å². The highest BCUT2D eigenvalue weighted by atomic mass is 16.5. The van der Waals surface area contributed by atoms with Crippen LogP contribution in [0.15, 0.2) is 35.9 Å². The highest BCUT2D eigenvalue weighted by molar-refractivity contribution is 5.82. The molecule has 0 aliphatic heterocycles. The molecule has 0 heterocycles. The van der Waals surface area contributed by atoms with Crippen molar-refractivity contribution in [2.24, 2.45) is 0 Å². The van der Waals surface area contributed by atoms with Crippen LogP contribution in [0, 0.1) is 0 Å². The first kappa shape index (κ1) is 18.1. The molecule has 0 amide bonds. The summed E-state index contributed by atoms with van der Waals surface area (Å²) in [5.41, 5.74) is 0.820. The fourth-order valence-corrected chi connectivity index (χ4v) is 1.61. The maximum atomic E-state index is 11.4. The quantitative estimate of drug-likeness (QED) is 0.508. The Morgan fingerprint density at radius 2 is 1.82 bits per heavy atom. The lowest BCUT2D eigenvalue weighted by atomic mass is 10.3. The van der Waals surface area contributed by atoms with Crippen LogP contribution in [0.25, 0.3) is 0 Å². The van der Waals surface area contributed by atoms with E-state index in [2.05, 4.69) is 6.92 Å². The van der Waals surface area contributed by atoms with E-state index in [0.29, 0.717) is 13.2 Å². The Balaban J connectivity index is 2.44. The molecule has 122 valence electrons. The number of hydrogen-bond donors (Lipinski definition) is 0. The molecule has 1 aromatic carbocycles. The van der Waals surface area contributed by atoms with E-state index in [0.717, 1.165) is 29.9 Å². The molecule has 0 aliphatic rings. The van der Waals surface area contributed by atoms with Gasteiger partial charge in [-0.1, -0.05) is 13.8 Å². The zero-order valence-corrected chi connectivity index (χ0v) is 13.9. The molecular weight excluding hydrogens is 280 g/mol. The van der Waals surface area contributed by atoms with E-state index in [9.17, 15) is 4.79 Å². The van der Waals surface area contributed by atoms with Crippen LogP contribution >= 0.6 is 0 Å². The highest BCUT2D eigenvalue weighted by Crippen LogP contribution is 2.19. The van der Waals surface area contributed by atoms with E-state index in [4.69, 9.17) is 14.2 Å². The van der Waals surface area contributed by atoms with Gasteiger partial charge in [0, 0.05) is 6.08 Å². The van der Waals surface area contributed by atoms with E-state index in [1.807, 2.05) is 45.0 Å². The summed E-state index contributed by atoms with van der Waals surface area (Å²) in [5.74, 6) is 1.25. The van der Waals surface area contributed by atoms with E-state index in [1.165, 1.54) is 6.08 Å². The number of ether oxygens (including phenoxy) is 3. The number of carbonyl (C=O) groups is 1. The molecule has 1 aromatic rings. The molecule has 4 heteroatoms. The van der Waals surface area contributed by atoms with Crippen LogP contribution < -0.4 is 9.47 Å². The molecule has 1 unspecified atom stereocenters. The first-order valence-electron chi connectivity index (χ1n) is 7.78. The Morgan fingerprint density at radius 3 is 2.41 bits per heavy atom. The van der Waals surface area contributed by atoms with Crippen molar-refractivity contribution in [3.05, 3.63) is 35.9 Å². The Bertz CT molecular complexity index is 476. The van der Waals surface area contributed by atoms with Crippen molar-refractivity contribution in [3.63, 3.8) is 0 Å². The molecule has 0 fully saturated rings. The molecule has 0 saturated carbocycles. The van der Waals surface area contributed by atoms with E-state index in [-0.39, 0.29) is 12.1 Å².